The average molecular weight is 483 g/mol. The van der Waals surface area contributed by atoms with Gasteiger partial charge in [-0.1, -0.05) is 26.0 Å². The molecule has 180 valence electrons. The third kappa shape index (κ3) is 5.45. The van der Waals surface area contributed by atoms with E-state index in [1.54, 1.807) is 30.3 Å². The lowest BCUT2D eigenvalue weighted by Crippen LogP contribution is -2.39. The van der Waals surface area contributed by atoms with E-state index in [1.807, 2.05) is 0 Å². The predicted octanol–water partition coefficient (Wildman–Crippen LogP) is 4.68. The van der Waals surface area contributed by atoms with Gasteiger partial charge in [-0.15, -0.1) is 0 Å². The number of fused-ring (bicyclic) bond motifs is 1. The first kappa shape index (κ1) is 24.3. The molecule has 2 N–H and O–H groups in total. The molecule has 1 aromatic heterocycles. The first-order valence-electron chi connectivity index (χ1n) is 11.9. The minimum Gasteiger partial charge on any atom is -0.352 e. The minimum absolute atomic E-state index is 0.0708. The molecule has 1 saturated heterocycles. The second kappa shape index (κ2) is 10.6. The molecule has 2 aromatic carbocycles. The number of halogens is 1. The topological polar surface area (TPSA) is 70.1 Å². The zero-order chi connectivity index (χ0) is 24.2. The van der Waals surface area contributed by atoms with E-state index in [0.29, 0.717) is 23.0 Å². The van der Waals surface area contributed by atoms with Crippen molar-refractivity contribution in [1.82, 2.24) is 19.8 Å². The smallest absolute Gasteiger partial charge is 0.266 e. The molecule has 0 radical (unpaired) electrons. The summed E-state index contributed by atoms with van der Waals surface area (Å²) in [6, 6.07) is 10.8. The van der Waals surface area contributed by atoms with Gasteiger partial charge < -0.3 is 15.2 Å². The number of carbonyl (C=O) groups is 1. The average Bonchev–Trinajstić information content (AvgIpc) is 2.79. The summed E-state index contributed by atoms with van der Waals surface area (Å²) in [6.45, 7) is 8.61. The highest BCUT2D eigenvalue weighted by atomic mass is 32.1. The van der Waals surface area contributed by atoms with Crippen molar-refractivity contribution in [2.45, 2.75) is 33.1 Å². The molecule has 0 saturated carbocycles. The molecule has 0 aliphatic carbocycles. The van der Waals surface area contributed by atoms with E-state index in [2.05, 4.69) is 29.0 Å². The van der Waals surface area contributed by atoms with Crippen molar-refractivity contribution in [3.63, 3.8) is 0 Å². The van der Waals surface area contributed by atoms with Crippen LogP contribution in [0.25, 0.3) is 16.6 Å². The SMILES string of the molecule is CC1CC(C)CN(CCCCNC(=O)c2ccc3c(=O)n(-c4ccccc4F)c(=S)[nH]c3c2)C1. The molecule has 1 fully saturated rings. The van der Waals surface area contributed by atoms with E-state index in [-0.39, 0.29) is 16.4 Å². The van der Waals surface area contributed by atoms with Crippen LogP contribution in [-0.4, -0.2) is 46.5 Å². The molecule has 34 heavy (non-hydrogen) atoms. The highest BCUT2D eigenvalue weighted by Gasteiger charge is 2.21. The summed E-state index contributed by atoms with van der Waals surface area (Å²) in [5, 5.41) is 3.29. The van der Waals surface area contributed by atoms with Crippen LogP contribution in [0.2, 0.25) is 0 Å². The zero-order valence-electron chi connectivity index (χ0n) is 19.6. The molecular formula is C26H31FN4O2S. The van der Waals surface area contributed by atoms with Gasteiger partial charge in [-0.2, -0.15) is 0 Å². The number of hydrogen-bond donors (Lipinski definition) is 2. The number of likely N-dealkylation sites (tertiary alicyclic amines) is 1. The highest BCUT2D eigenvalue weighted by molar-refractivity contribution is 7.71. The molecule has 2 unspecified atom stereocenters. The lowest BCUT2D eigenvalue weighted by molar-refractivity contribution is 0.0951. The van der Waals surface area contributed by atoms with Crippen LogP contribution >= 0.6 is 12.2 Å². The van der Waals surface area contributed by atoms with Crippen LogP contribution < -0.4 is 10.9 Å². The summed E-state index contributed by atoms with van der Waals surface area (Å²) < 4.78 is 15.4. The van der Waals surface area contributed by atoms with Gasteiger partial charge in [0.1, 0.15) is 5.82 Å². The maximum absolute atomic E-state index is 14.2. The van der Waals surface area contributed by atoms with Crippen molar-refractivity contribution in [3.8, 4) is 5.69 Å². The highest BCUT2D eigenvalue weighted by Crippen LogP contribution is 2.21. The van der Waals surface area contributed by atoms with Crippen LogP contribution in [0.15, 0.2) is 47.3 Å². The number of rotatable bonds is 7. The van der Waals surface area contributed by atoms with Crippen LogP contribution in [0.4, 0.5) is 4.39 Å². The minimum atomic E-state index is -0.538. The number of aromatic amines is 1. The quantitative estimate of drug-likeness (QED) is 0.379. The molecule has 0 bridgehead atoms. The molecule has 2 atom stereocenters. The van der Waals surface area contributed by atoms with Crippen molar-refractivity contribution in [3.05, 3.63) is 69.0 Å². The fourth-order valence-electron chi connectivity index (χ4n) is 4.95. The number of carbonyl (C=O) groups excluding carboxylic acids is 1. The van der Waals surface area contributed by atoms with Crippen molar-refractivity contribution in [2.24, 2.45) is 11.8 Å². The van der Waals surface area contributed by atoms with Gasteiger partial charge in [-0.3, -0.25) is 9.59 Å². The second-order valence-corrected chi connectivity index (χ2v) is 9.84. The number of nitrogens with zero attached hydrogens (tertiary/aromatic N) is 2. The Hall–Kier alpha value is -2.84. The Bertz CT molecular complexity index is 1290. The number of nitrogens with one attached hydrogen (secondary N) is 2. The van der Waals surface area contributed by atoms with Gasteiger partial charge in [0, 0.05) is 25.2 Å². The third-order valence-corrected chi connectivity index (χ3v) is 6.67. The molecule has 3 aromatic rings. The Morgan fingerprint density at radius 1 is 1.15 bits per heavy atom. The van der Waals surface area contributed by atoms with Gasteiger partial charge in [0.2, 0.25) is 0 Å². The Kier molecular flexibility index (Phi) is 7.58. The van der Waals surface area contributed by atoms with E-state index >= 15 is 0 Å². The summed E-state index contributed by atoms with van der Waals surface area (Å²) in [5.41, 5.74) is 0.548. The summed E-state index contributed by atoms with van der Waals surface area (Å²) >= 11 is 5.32. The third-order valence-electron chi connectivity index (χ3n) is 6.38. The molecule has 1 aliphatic rings. The van der Waals surface area contributed by atoms with Crippen LogP contribution in [0, 0.1) is 22.4 Å². The van der Waals surface area contributed by atoms with Gasteiger partial charge in [0.05, 0.1) is 16.6 Å². The summed E-state index contributed by atoms with van der Waals surface area (Å²) in [5.74, 6) is 0.766. The number of benzene rings is 2. The maximum Gasteiger partial charge on any atom is 0.266 e. The van der Waals surface area contributed by atoms with Gasteiger partial charge in [0.25, 0.3) is 11.5 Å². The summed E-state index contributed by atoms with van der Waals surface area (Å²) in [4.78, 5) is 31.1. The van der Waals surface area contributed by atoms with Crippen molar-refractivity contribution < 1.29 is 9.18 Å². The van der Waals surface area contributed by atoms with E-state index in [4.69, 9.17) is 12.2 Å². The first-order chi connectivity index (χ1) is 16.3. The summed E-state index contributed by atoms with van der Waals surface area (Å²) in [6.07, 6.45) is 3.26. The number of para-hydroxylation sites is 1. The van der Waals surface area contributed by atoms with E-state index in [0.717, 1.165) is 48.9 Å². The van der Waals surface area contributed by atoms with Crippen LogP contribution in [-0.2, 0) is 0 Å². The van der Waals surface area contributed by atoms with Crippen molar-refractivity contribution in [1.29, 1.82) is 0 Å². The number of H-pyrrole nitrogens is 1. The number of piperidine rings is 1. The Balaban J connectivity index is 1.39. The molecule has 1 aliphatic heterocycles. The number of unbranched alkanes of at least 4 members (excludes halogenated alkanes) is 1. The summed E-state index contributed by atoms with van der Waals surface area (Å²) in [7, 11) is 0. The number of amides is 1. The van der Waals surface area contributed by atoms with Crippen molar-refractivity contribution in [2.75, 3.05) is 26.2 Å². The molecule has 4 rings (SSSR count). The Morgan fingerprint density at radius 3 is 2.62 bits per heavy atom. The van der Waals surface area contributed by atoms with E-state index in [9.17, 15) is 14.0 Å². The number of hydrogen-bond acceptors (Lipinski definition) is 4. The van der Waals surface area contributed by atoms with Gasteiger partial charge >= 0.3 is 0 Å². The molecule has 2 heterocycles. The van der Waals surface area contributed by atoms with Gasteiger partial charge in [0.15, 0.2) is 4.77 Å². The zero-order valence-corrected chi connectivity index (χ0v) is 20.5. The Morgan fingerprint density at radius 2 is 1.88 bits per heavy atom. The van der Waals surface area contributed by atoms with E-state index < -0.39 is 11.4 Å². The maximum atomic E-state index is 14.2. The number of aromatic nitrogens is 2. The molecule has 6 nitrogen and oxygen atoms in total. The van der Waals surface area contributed by atoms with Gasteiger partial charge in [-0.25, -0.2) is 8.96 Å². The molecule has 8 heteroatoms. The molecule has 1 amide bonds. The van der Waals surface area contributed by atoms with Crippen LogP contribution in [0.3, 0.4) is 0 Å². The predicted molar refractivity (Wildman–Crippen MR) is 136 cm³/mol. The lowest BCUT2D eigenvalue weighted by atomic mass is 9.92. The monoisotopic (exact) mass is 482 g/mol. The van der Waals surface area contributed by atoms with Crippen LogP contribution in [0.1, 0.15) is 43.5 Å². The van der Waals surface area contributed by atoms with E-state index in [1.165, 1.54) is 18.6 Å². The van der Waals surface area contributed by atoms with Crippen molar-refractivity contribution >= 4 is 29.0 Å². The fourth-order valence-corrected chi connectivity index (χ4v) is 5.24. The second-order valence-electron chi connectivity index (χ2n) is 9.45. The lowest BCUT2D eigenvalue weighted by Gasteiger charge is -2.34. The van der Waals surface area contributed by atoms with Crippen LogP contribution in [0.5, 0.6) is 0 Å². The molecular weight excluding hydrogens is 451 g/mol. The fraction of sp³-hybridized carbons (Fsp3) is 0.423. The molecule has 0 spiro atoms. The standard InChI is InChI=1S/C26H31FN4O2S/c1-17-13-18(2)16-30(15-17)12-6-5-11-28-24(32)19-9-10-20-22(14-19)29-26(34)31(25(20)33)23-8-4-3-7-21(23)27/h3-4,7-10,14,17-18H,5-6,11-13,15-16H2,1-2H3,(H,28,32)(H,29,34). The van der Waals surface area contributed by atoms with Gasteiger partial charge in [-0.05, 0) is 80.2 Å². The first-order valence-corrected chi connectivity index (χ1v) is 12.3. The largest absolute Gasteiger partial charge is 0.352 e. The normalized spacial score (nSPS) is 18.8. The Labute approximate surface area is 203 Å².